The lowest BCUT2D eigenvalue weighted by molar-refractivity contribution is -0.919. The van der Waals surface area contributed by atoms with Crippen LogP contribution in [0.4, 0.5) is 5.69 Å². The standard InChI is InChI=1S/C15H23N3O3S/c1-11-6-8-18(9-7-11)12(2)15(19)17-13-4-3-5-14(10-13)22(16,20)21/h3-5,10-12H,6-9H2,1-2H3,(H,17,19)(H2,16,20,21)/p+1/t12-/m0/s1. The molecule has 1 atom stereocenters. The highest BCUT2D eigenvalue weighted by Gasteiger charge is 2.28. The molecule has 6 nitrogen and oxygen atoms in total. The van der Waals surface area contributed by atoms with Gasteiger partial charge in [-0.2, -0.15) is 0 Å². The summed E-state index contributed by atoms with van der Waals surface area (Å²) in [7, 11) is -3.76. The molecule has 122 valence electrons. The van der Waals surface area contributed by atoms with Crippen LogP contribution in [0.5, 0.6) is 0 Å². The van der Waals surface area contributed by atoms with Crippen molar-refractivity contribution < 1.29 is 18.1 Å². The molecule has 1 aromatic carbocycles. The number of hydrogen-bond donors (Lipinski definition) is 3. The van der Waals surface area contributed by atoms with E-state index in [-0.39, 0.29) is 16.8 Å². The van der Waals surface area contributed by atoms with Gasteiger partial charge in [-0.05, 0) is 43.9 Å². The molecule has 1 heterocycles. The number of rotatable bonds is 4. The highest BCUT2D eigenvalue weighted by Crippen LogP contribution is 2.14. The molecule has 0 radical (unpaired) electrons. The van der Waals surface area contributed by atoms with Crippen LogP contribution < -0.4 is 15.4 Å². The number of carbonyl (C=O) groups excluding carboxylic acids is 1. The second-order valence-electron chi connectivity index (χ2n) is 6.12. The Bertz CT molecular complexity index is 637. The predicted octanol–water partition coefficient (Wildman–Crippen LogP) is -0.0242. The fourth-order valence-electron chi connectivity index (χ4n) is 2.75. The van der Waals surface area contributed by atoms with Crippen molar-refractivity contribution in [3.05, 3.63) is 24.3 Å². The number of likely N-dealkylation sites (tertiary alicyclic amines) is 1. The third-order valence-corrected chi connectivity index (χ3v) is 5.26. The van der Waals surface area contributed by atoms with Crippen molar-refractivity contribution in [3.8, 4) is 0 Å². The van der Waals surface area contributed by atoms with E-state index in [1.807, 2.05) is 6.92 Å². The minimum absolute atomic E-state index is 0.00269. The van der Waals surface area contributed by atoms with E-state index in [1.54, 1.807) is 12.1 Å². The number of anilines is 1. The fraction of sp³-hybridized carbons (Fsp3) is 0.533. The molecule has 7 heteroatoms. The molecule has 4 N–H and O–H groups in total. The van der Waals surface area contributed by atoms with E-state index in [1.165, 1.54) is 17.0 Å². The van der Waals surface area contributed by atoms with E-state index < -0.39 is 10.0 Å². The highest BCUT2D eigenvalue weighted by atomic mass is 32.2. The Morgan fingerprint density at radius 3 is 2.59 bits per heavy atom. The maximum Gasteiger partial charge on any atom is 0.282 e. The SMILES string of the molecule is CC1CC[NH+]([C@@H](C)C(=O)Nc2cccc(S(N)(=O)=O)c2)CC1. The monoisotopic (exact) mass is 326 g/mol. The summed E-state index contributed by atoms with van der Waals surface area (Å²) in [6.45, 7) is 6.13. The summed E-state index contributed by atoms with van der Waals surface area (Å²) in [6.07, 6.45) is 2.27. The van der Waals surface area contributed by atoms with E-state index in [9.17, 15) is 13.2 Å². The van der Waals surface area contributed by atoms with Gasteiger partial charge < -0.3 is 10.2 Å². The highest BCUT2D eigenvalue weighted by molar-refractivity contribution is 7.89. The first-order valence-electron chi connectivity index (χ1n) is 7.55. The van der Waals surface area contributed by atoms with E-state index in [0.29, 0.717) is 5.69 Å². The Hall–Kier alpha value is -1.44. The van der Waals surface area contributed by atoms with Crippen molar-refractivity contribution in [2.24, 2.45) is 11.1 Å². The summed E-state index contributed by atoms with van der Waals surface area (Å²) in [5.74, 6) is 0.626. The van der Waals surface area contributed by atoms with Gasteiger partial charge in [-0.3, -0.25) is 4.79 Å². The van der Waals surface area contributed by atoms with Crippen LogP contribution >= 0.6 is 0 Å². The Balaban J connectivity index is 2.02. The second kappa shape index (κ2) is 6.76. The van der Waals surface area contributed by atoms with Gasteiger partial charge in [0.25, 0.3) is 5.91 Å². The Labute approximate surface area is 131 Å². The van der Waals surface area contributed by atoms with Crippen LogP contribution in [0.1, 0.15) is 26.7 Å². The molecular weight excluding hydrogens is 302 g/mol. The topological polar surface area (TPSA) is 93.7 Å². The Kier molecular flexibility index (Phi) is 5.20. The zero-order valence-electron chi connectivity index (χ0n) is 13.0. The van der Waals surface area contributed by atoms with Crippen LogP contribution in [0, 0.1) is 5.92 Å². The quantitative estimate of drug-likeness (QED) is 0.726. The molecule has 2 rings (SSSR count). The first-order chi connectivity index (χ1) is 10.3. The molecule has 0 bridgehead atoms. The number of hydrogen-bond acceptors (Lipinski definition) is 3. The van der Waals surface area contributed by atoms with Gasteiger partial charge >= 0.3 is 0 Å². The third-order valence-electron chi connectivity index (χ3n) is 4.35. The minimum Gasteiger partial charge on any atom is -0.325 e. The third kappa shape index (κ3) is 4.28. The van der Waals surface area contributed by atoms with Gasteiger partial charge in [-0.25, -0.2) is 13.6 Å². The molecule has 0 aliphatic carbocycles. The van der Waals surface area contributed by atoms with Crippen LogP contribution in [-0.4, -0.2) is 33.5 Å². The summed E-state index contributed by atoms with van der Waals surface area (Å²) in [5.41, 5.74) is 0.452. The average Bonchev–Trinajstić information content (AvgIpc) is 2.46. The van der Waals surface area contributed by atoms with Crippen molar-refractivity contribution in [2.45, 2.75) is 37.6 Å². The Morgan fingerprint density at radius 1 is 1.36 bits per heavy atom. The van der Waals surface area contributed by atoms with Crippen molar-refractivity contribution in [3.63, 3.8) is 0 Å². The molecule has 1 fully saturated rings. The maximum absolute atomic E-state index is 12.3. The minimum atomic E-state index is -3.76. The van der Waals surface area contributed by atoms with Crippen LogP contribution in [0.25, 0.3) is 0 Å². The molecule has 1 aliphatic heterocycles. The number of nitrogens with two attached hydrogens (primary N) is 1. The first-order valence-corrected chi connectivity index (χ1v) is 9.10. The lowest BCUT2D eigenvalue weighted by Gasteiger charge is -2.31. The zero-order chi connectivity index (χ0) is 16.3. The smallest absolute Gasteiger partial charge is 0.282 e. The number of nitrogens with one attached hydrogen (secondary N) is 2. The molecular formula is C15H24N3O3S+. The van der Waals surface area contributed by atoms with Crippen LogP contribution in [0.15, 0.2) is 29.2 Å². The Morgan fingerprint density at radius 2 is 2.00 bits per heavy atom. The molecule has 1 saturated heterocycles. The van der Waals surface area contributed by atoms with Gasteiger partial charge in [0.2, 0.25) is 10.0 Å². The van der Waals surface area contributed by atoms with Gasteiger partial charge in [0.1, 0.15) is 0 Å². The number of benzene rings is 1. The van der Waals surface area contributed by atoms with Crippen molar-refractivity contribution in [2.75, 3.05) is 18.4 Å². The number of primary sulfonamides is 1. The number of quaternary nitrogens is 1. The van der Waals surface area contributed by atoms with Gasteiger partial charge in [-0.1, -0.05) is 13.0 Å². The summed E-state index contributed by atoms with van der Waals surface area (Å²) in [6, 6.07) is 5.85. The zero-order valence-corrected chi connectivity index (χ0v) is 13.8. The molecule has 0 unspecified atom stereocenters. The fourth-order valence-corrected chi connectivity index (χ4v) is 3.31. The normalized spacial score (nSPS) is 23.8. The lowest BCUT2D eigenvalue weighted by atomic mass is 9.98. The summed E-state index contributed by atoms with van der Waals surface area (Å²) in [5, 5.41) is 7.88. The number of amides is 1. The van der Waals surface area contributed by atoms with E-state index in [4.69, 9.17) is 5.14 Å². The van der Waals surface area contributed by atoms with Crippen molar-refractivity contribution >= 4 is 21.6 Å². The van der Waals surface area contributed by atoms with Gasteiger partial charge in [0.05, 0.1) is 18.0 Å². The second-order valence-corrected chi connectivity index (χ2v) is 7.69. The first kappa shape index (κ1) is 16.9. The molecule has 0 saturated carbocycles. The van der Waals surface area contributed by atoms with E-state index >= 15 is 0 Å². The summed E-state index contributed by atoms with van der Waals surface area (Å²) < 4.78 is 22.7. The molecule has 1 aliphatic rings. The van der Waals surface area contributed by atoms with Crippen LogP contribution in [0.3, 0.4) is 0 Å². The van der Waals surface area contributed by atoms with Gasteiger partial charge in [-0.15, -0.1) is 0 Å². The maximum atomic E-state index is 12.3. The molecule has 0 aromatic heterocycles. The van der Waals surface area contributed by atoms with Crippen LogP contribution in [-0.2, 0) is 14.8 Å². The largest absolute Gasteiger partial charge is 0.325 e. The molecule has 1 aromatic rings. The molecule has 0 spiro atoms. The summed E-state index contributed by atoms with van der Waals surface area (Å²) >= 11 is 0. The van der Waals surface area contributed by atoms with Gasteiger partial charge in [0.15, 0.2) is 6.04 Å². The van der Waals surface area contributed by atoms with Crippen LogP contribution in [0.2, 0.25) is 0 Å². The predicted molar refractivity (Wildman–Crippen MR) is 85.0 cm³/mol. The average molecular weight is 326 g/mol. The van der Waals surface area contributed by atoms with E-state index in [2.05, 4.69) is 12.2 Å². The van der Waals surface area contributed by atoms with E-state index in [0.717, 1.165) is 31.8 Å². The molecule has 22 heavy (non-hydrogen) atoms. The van der Waals surface area contributed by atoms with Crippen molar-refractivity contribution in [1.82, 2.24) is 0 Å². The number of carbonyl (C=O) groups is 1. The van der Waals surface area contributed by atoms with Crippen molar-refractivity contribution in [1.29, 1.82) is 0 Å². The number of sulfonamides is 1. The number of piperidine rings is 1. The van der Waals surface area contributed by atoms with Gasteiger partial charge in [0, 0.05) is 5.69 Å². The summed E-state index contributed by atoms with van der Waals surface area (Å²) in [4.78, 5) is 13.6. The lowest BCUT2D eigenvalue weighted by Crippen LogP contribution is -3.17. The molecule has 1 amide bonds.